The molecule has 3 rings (SSSR count). The molecule has 1 N–H and O–H groups in total. The van der Waals surface area contributed by atoms with Gasteiger partial charge in [-0.25, -0.2) is 4.98 Å². The number of nitriles is 1. The minimum Gasteiger partial charge on any atom is -0.378 e. The van der Waals surface area contributed by atoms with Crippen molar-refractivity contribution < 1.29 is 9.90 Å². The van der Waals surface area contributed by atoms with E-state index in [0.29, 0.717) is 54.4 Å². The Balaban J connectivity index is 1.87. The number of amides is 1. The smallest absolute Gasteiger partial charge is 0.256 e. The second-order valence-corrected chi connectivity index (χ2v) is 7.00. The Morgan fingerprint density at radius 1 is 1.38 bits per heavy atom. The number of aromatic nitrogens is 1. The van der Waals surface area contributed by atoms with Crippen molar-refractivity contribution in [3.63, 3.8) is 0 Å². The quantitative estimate of drug-likeness (QED) is 0.882. The zero-order valence-electron chi connectivity index (χ0n) is 13.8. The summed E-state index contributed by atoms with van der Waals surface area (Å²) in [6.07, 6.45) is 4.60. The molecular formula is C17H21ClN4O2. The number of hydrogen-bond donors (Lipinski definition) is 1. The van der Waals surface area contributed by atoms with Crippen LogP contribution in [-0.2, 0) is 4.79 Å². The number of anilines is 1. The molecule has 3 heterocycles. The van der Waals surface area contributed by atoms with E-state index in [1.165, 1.54) is 6.20 Å². The first-order valence-electron chi connectivity index (χ1n) is 8.28. The molecule has 0 aromatic carbocycles. The lowest BCUT2D eigenvalue weighted by molar-refractivity contribution is -0.151. The molecule has 6 nitrogen and oxygen atoms in total. The molecule has 1 aromatic rings. The van der Waals surface area contributed by atoms with Gasteiger partial charge >= 0.3 is 0 Å². The molecule has 24 heavy (non-hydrogen) atoms. The van der Waals surface area contributed by atoms with Gasteiger partial charge in [0.15, 0.2) is 5.60 Å². The molecule has 1 amide bonds. The normalized spacial score (nSPS) is 24.1. The van der Waals surface area contributed by atoms with Gasteiger partial charge in [-0.15, -0.1) is 0 Å². The number of aliphatic hydroxyl groups is 1. The van der Waals surface area contributed by atoms with Gasteiger partial charge in [0.1, 0.15) is 11.9 Å². The van der Waals surface area contributed by atoms with Crippen molar-refractivity contribution in [2.24, 2.45) is 0 Å². The second kappa shape index (κ2) is 6.58. The predicted molar refractivity (Wildman–Crippen MR) is 90.9 cm³/mol. The van der Waals surface area contributed by atoms with Crippen LogP contribution in [0.3, 0.4) is 0 Å². The summed E-state index contributed by atoms with van der Waals surface area (Å²) in [7, 11) is 0. The number of nitrogens with zero attached hydrogens (tertiary/aromatic N) is 4. The molecule has 0 aliphatic carbocycles. The highest BCUT2D eigenvalue weighted by Gasteiger charge is 2.44. The number of hydrogen-bond acceptors (Lipinski definition) is 5. The summed E-state index contributed by atoms with van der Waals surface area (Å²) in [4.78, 5) is 20.6. The number of carbonyl (C=O) groups is 1. The molecule has 2 saturated heterocycles. The van der Waals surface area contributed by atoms with Crippen LogP contribution in [-0.4, -0.2) is 52.7 Å². The van der Waals surface area contributed by atoms with Crippen LogP contribution in [0.4, 0.5) is 5.82 Å². The molecule has 0 saturated carbocycles. The summed E-state index contributed by atoms with van der Waals surface area (Å²) in [5, 5.41) is 20.8. The van der Waals surface area contributed by atoms with E-state index < -0.39 is 5.60 Å². The third kappa shape index (κ3) is 2.94. The van der Waals surface area contributed by atoms with Crippen molar-refractivity contribution in [1.82, 2.24) is 9.88 Å². The van der Waals surface area contributed by atoms with Crippen molar-refractivity contribution in [2.45, 2.75) is 38.2 Å². The topological polar surface area (TPSA) is 80.5 Å². The van der Waals surface area contributed by atoms with Crippen molar-refractivity contribution in [2.75, 3.05) is 31.1 Å². The number of piperidine rings is 1. The van der Waals surface area contributed by atoms with Crippen molar-refractivity contribution in [1.29, 1.82) is 5.26 Å². The molecule has 2 aliphatic rings. The maximum absolute atomic E-state index is 12.7. The average molecular weight is 349 g/mol. The fraction of sp³-hybridized carbons (Fsp3) is 0.588. The fourth-order valence-electron chi connectivity index (χ4n) is 3.55. The highest BCUT2D eigenvalue weighted by molar-refractivity contribution is 6.31. The molecule has 0 bridgehead atoms. The van der Waals surface area contributed by atoms with Crippen LogP contribution in [0, 0.1) is 18.3 Å². The minimum absolute atomic E-state index is 0.158. The number of carbonyl (C=O) groups excluding carboxylic acids is 1. The van der Waals surface area contributed by atoms with Crippen molar-refractivity contribution >= 4 is 23.3 Å². The van der Waals surface area contributed by atoms with E-state index in [-0.39, 0.29) is 12.5 Å². The number of β-amino-alcohol motifs (C(OH)–C–C–N with tert-alkyl or cyclic N) is 1. The van der Waals surface area contributed by atoms with Crippen molar-refractivity contribution in [3.8, 4) is 6.07 Å². The first kappa shape index (κ1) is 17.0. The van der Waals surface area contributed by atoms with E-state index in [4.69, 9.17) is 11.6 Å². The van der Waals surface area contributed by atoms with E-state index in [9.17, 15) is 15.2 Å². The number of rotatable bonds is 2. The highest BCUT2D eigenvalue weighted by Crippen LogP contribution is 2.32. The Kier molecular flexibility index (Phi) is 4.66. The van der Waals surface area contributed by atoms with Crippen LogP contribution in [0.2, 0.25) is 5.02 Å². The lowest BCUT2D eigenvalue weighted by Crippen LogP contribution is -2.58. The fourth-order valence-corrected chi connectivity index (χ4v) is 3.69. The predicted octanol–water partition coefficient (Wildman–Crippen LogP) is 1.87. The standard InChI is InChI=1S/C17H21ClN4O2/c1-12-13(9-19)15(20-10-14(12)18)22-8-4-5-17(24,11-22)16(23)21-6-2-3-7-21/h10,24H,2-8,11H2,1H3. The SMILES string of the molecule is Cc1c(Cl)cnc(N2CCCC(O)(C(=O)N3CCCC3)C2)c1C#N. The Morgan fingerprint density at radius 3 is 2.75 bits per heavy atom. The third-order valence-electron chi connectivity index (χ3n) is 4.93. The highest BCUT2D eigenvalue weighted by atomic mass is 35.5. The number of halogens is 1. The molecule has 0 radical (unpaired) electrons. The third-order valence-corrected chi connectivity index (χ3v) is 5.31. The summed E-state index contributed by atoms with van der Waals surface area (Å²) in [6, 6.07) is 2.15. The summed E-state index contributed by atoms with van der Waals surface area (Å²) in [5.41, 5.74) is -0.339. The van der Waals surface area contributed by atoms with Crippen LogP contribution in [0.25, 0.3) is 0 Å². The summed E-state index contributed by atoms with van der Waals surface area (Å²) in [5.74, 6) is 0.292. The van der Waals surface area contributed by atoms with Gasteiger partial charge in [0.05, 0.1) is 17.1 Å². The van der Waals surface area contributed by atoms with Gasteiger partial charge < -0.3 is 14.9 Å². The summed E-state index contributed by atoms with van der Waals surface area (Å²) >= 11 is 6.05. The van der Waals surface area contributed by atoms with Crippen LogP contribution < -0.4 is 4.90 Å². The van der Waals surface area contributed by atoms with Crippen LogP contribution >= 0.6 is 11.6 Å². The number of pyridine rings is 1. The van der Waals surface area contributed by atoms with Gasteiger partial charge in [0.25, 0.3) is 5.91 Å². The molecule has 1 unspecified atom stereocenters. The van der Waals surface area contributed by atoms with Gasteiger partial charge in [-0.1, -0.05) is 11.6 Å². The number of likely N-dealkylation sites (tertiary alicyclic amines) is 1. The molecule has 128 valence electrons. The summed E-state index contributed by atoms with van der Waals surface area (Å²) in [6.45, 7) is 4.01. The van der Waals surface area contributed by atoms with Crippen LogP contribution in [0.1, 0.15) is 36.8 Å². The molecule has 7 heteroatoms. The van der Waals surface area contributed by atoms with Gasteiger partial charge in [0.2, 0.25) is 0 Å². The Hall–Kier alpha value is -1.84. The van der Waals surface area contributed by atoms with Gasteiger partial charge in [-0.05, 0) is 38.2 Å². The van der Waals surface area contributed by atoms with Gasteiger partial charge in [0, 0.05) is 25.8 Å². The van der Waals surface area contributed by atoms with E-state index in [1.54, 1.807) is 11.8 Å². The van der Waals surface area contributed by atoms with Crippen molar-refractivity contribution in [3.05, 3.63) is 22.3 Å². The van der Waals surface area contributed by atoms with Crippen LogP contribution in [0.5, 0.6) is 0 Å². The lowest BCUT2D eigenvalue weighted by Gasteiger charge is -2.40. The maximum atomic E-state index is 12.7. The largest absolute Gasteiger partial charge is 0.378 e. The van der Waals surface area contributed by atoms with E-state index in [0.717, 1.165) is 12.8 Å². The first-order chi connectivity index (χ1) is 11.5. The Morgan fingerprint density at radius 2 is 2.08 bits per heavy atom. The van der Waals surface area contributed by atoms with Crippen LogP contribution in [0.15, 0.2) is 6.20 Å². The molecule has 2 aliphatic heterocycles. The Labute approximate surface area is 146 Å². The zero-order chi connectivity index (χ0) is 17.3. The summed E-state index contributed by atoms with van der Waals surface area (Å²) < 4.78 is 0. The Bertz CT molecular complexity index is 697. The molecule has 1 aromatic heterocycles. The molecular weight excluding hydrogens is 328 g/mol. The zero-order valence-corrected chi connectivity index (χ0v) is 14.5. The lowest BCUT2D eigenvalue weighted by atomic mass is 9.91. The molecule has 1 atom stereocenters. The minimum atomic E-state index is -1.41. The van der Waals surface area contributed by atoms with Gasteiger partial charge in [-0.3, -0.25) is 4.79 Å². The van der Waals surface area contributed by atoms with E-state index in [1.807, 2.05) is 4.90 Å². The van der Waals surface area contributed by atoms with E-state index in [2.05, 4.69) is 11.1 Å². The van der Waals surface area contributed by atoms with E-state index >= 15 is 0 Å². The van der Waals surface area contributed by atoms with Gasteiger partial charge in [-0.2, -0.15) is 5.26 Å². The maximum Gasteiger partial charge on any atom is 0.256 e. The monoisotopic (exact) mass is 348 g/mol. The second-order valence-electron chi connectivity index (χ2n) is 6.60. The average Bonchev–Trinajstić information content (AvgIpc) is 3.11. The molecule has 0 spiro atoms. The molecule has 2 fully saturated rings. The first-order valence-corrected chi connectivity index (χ1v) is 8.66.